The van der Waals surface area contributed by atoms with Gasteiger partial charge in [-0.25, -0.2) is 0 Å². The van der Waals surface area contributed by atoms with Gasteiger partial charge in [-0.1, -0.05) is 38.3 Å². The van der Waals surface area contributed by atoms with Crippen molar-refractivity contribution in [3.05, 3.63) is 40.7 Å². The molecule has 1 aromatic heterocycles. The van der Waals surface area contributed by atoms with Crippen LogP contribution in [0.25, 0.3) is 11.3 Å². The van der Waals surface area contributed by atoms with Gasteiger partial charge in [0, 0.05) is 18.3 Å². The van der Waals surface area contributed by atoms with Crippen LogP contribution in [-0.4, -0.2) is 16.7 Å². The Kier molecular flexibility index (Phi) is 4.84. The van der Waals surface area contributed by atoms with Crippen LogP contribution in [0.3, 0.4) is 0 Å². The van der Waals surface area contributed by atoms with E-state index >= 15 is 0 Å². The Morgan fingerprint density at radius 3 is 2.47 bits per heavy atom. The molecule has 2 rings (SSSR count). The van der Waals surface area contributed by atoms with Crippen LogP contribution in [-0.2, 0) is 0 Å². The smallest absolute Gasteiger partial charge is 0.264 e. The standard InChI is InChI=1S/C15H21N3O/c1-2-3-4-5-10-16-13-8-6-12(7-9-13)14-11-15(19)18-17-14/h6-9,11,16H,2-5,10H2,1H3,(H2,17,18,19). The largest absolute Gasteiger partial charge is 0.385 e. The molecular weight excluding hydrogens is 238 g/mol. The lowest BCUT2D eigenvalue weighted by Crippen LogP contribution is -2.00. The van der Waals surface area contributed by atoms with Crippen LogP contribution in [0.1, 0.15) is 32.6 Å². The molecule has 1 aromatic carbocycles. The van der Waals surface area contributed by atoms with Crippen molar-refractivity contribution in [3.63, 3.8) is 0 Å². The molecule has 0 fully saturated rings. The number of nitrogens with one attached hydrogen (secondary N) is 3. The van der Waals surface area contributed by atoms with Crippen LogP contribution in [0.15, 0.2) is 35.1 Å². The van der Waals surface area contributed by atoms with Crippen LogP contribution in [0, 0.1) is 0 Å². The SMILES string of the molecule is CCCCCCNc1ccc(-c2cc(=O)[nH][nH]2)cc1. The van der Waals surface area contributed by atoms with Crippen LogP contribution < -0.4 is 10.9 Å². The van der Waals surface area contributed by atoms with E-state index in [4.69, 9.17) is 0 Å². The van der Waals surface area contributed by atoms with Crippen molar-refractivity contribution in [2.24, 2.45) is 0 Å². The summed E-state index contributed by atoms with van der Waals surface area (Å²) in [4.78, 5) is 11.1. The van der Waals surface area contributed by atoms with Gasteiger partial charge in [-0.3, -0.25) is 15.0 Å². The first-order chi connectivity index (χ1) is 9.29. The molecule has 102 valence electrons. The van der Waals surface area contributed by atoms with Gasteiger partial charge in [-0.2, -0.15) is 0 Å². The summed E-state index contributed by atoms with van der Waals surface area (Å²) in [5.41, 5.74) is 2.85. The van der Waals surface area contributed by atoms with Crippen molar-refractivity contribution in [1.29, 1.82) is 0 Å². The Labute approximate surface area is 113 Å². The van der Waals surface area contributed by atoms with Gasteiger partial charge in [0.25, 0.3) is 5.56 Å². The number of anilines is 1. The summed E-state index contributed by atoms with van der Waals surface area (Å²) in [6.45, 7) is 3.23. The minimum absolute atomic E-state index is 0.104. The normalized spacial score (nSPS) is 10.6. The van der Waals surface area contributed by atoms with E-state index in [1.165, 1.54) is 25.7 Å². The molecule has 3 N–H and O–H groups in total. The summed E-state index contributed by atoms with van der Waals surface area (Å²) in [7, 11) is 0. The fourth-order valence-corrected chi connectivity index (χ4v) is 2.04. The fourth-order valence-electron chi connectivity index (χ4n) is 2.04. The Balaban J connectivity index is 1.86. The van der Waals surface area contributed by atoms with E-state index in [1.807, 2.05) is 24.3 Å². The molecule has 4 heteroatoms. The molecule has 0 saturated heterocycles. The second kappa shape index (κ2) is 6.83. The van der Waals surface area contributed by atoms with Crippen molar-refractivity contribution >= 4 is 5.69 Å². The third-order valence-corrected chi connectivity index (χ3v) is 3.15. The Morgan fingerprint density at radius 1 is 1.05 bits per heavy atom. The number of hydrogen-bond donors (Lipinski definition) is 3. The van der Waals surface area contributed by atoms with Gasteiger partial charge in [0.15, 0.2) is 0 Å². The quantitative estimate of drug-likeness (QED) is 0.668. The van der Waals surface area contributed by atoms with E-state index in [0.29, 0.717) is 0 Å². The van der Waals surface area contributed by atoms with E-state index in [9.17, 15) is 4.79 Å². The highest BCUT2D eigenvalue weighted by atomic mass is 16.1. The molecule has 0 aliphatic heterocycles. The van der Waals surface area contributed by atoms with Crippen LogP contribution in [0.2, 0.25) is 0 Å². The second-order valence-corrected chi connectivity index (χ2v) is 4.74. The minimum Gasteiger partial charge on any atom is -0.385 e. The maximum atomic E-state index is 11.1. The average molecular weight is 259 g/mol. The van der Waals surface area contributed by atoms with Gasteiger partial charge in [-0.15, -0.1) is 0 Å². The topological polar surface area (TPSA) is 60.7 Å². The molecule has 1 heterocycles. The first-order valence-electron chi connectivity index (χ1n) is 6.91. The lowest BCUT2D eigenvalue weighted by Gasteiger charge is -2.06. The number of unbranched alkanes of at least 4 members (excludes halogenated alkanes) is 3. The van der Waals surface area contributed by atoms with E-state index < -0.39 is 0 Å². The summed E-state index contributed by atoms with van der Waals surface area (Å²) >= 11 is 0. The van der Waals surface area contributed by atoms with Crippen LogP contribution >= 0.6 is 0 Å². The van der Waals surface area contributed by atoms with Gasteiger partial charge in [0.2, 0.25) is 0 Å². The van der Waals surface area contributed by atoms with Crippen molar-refractivity contribution < 1.29 is 0 Å². The maximum Gasteiger partial charge on any atom is 0.264 e. The zero-order valence-electron chi connectivity index (χ0n) is 11.3. The van der Waals surface area contributed by atoms with Crippen molar-refractivity contribution in [3.8, 4) is 11.3 Å². The lowest BCUT2D eigenvalue weighted by molar-refractivity contribution is 0.685. The lowest BCUT2D eigenvalue weighted by atomic mass is 10.1. The van der Waals surface area contributed by atoms with E-state index in [-0.39, 0.29) is 5.56 Å². The second-order valence-electron chi connectivity index (χ2n) is 4.74. The molecular formula is C15H21N3O. The number of benzene rings is 1. The molecule has 0 bridgehead atoms. The number of aromatic nitrogens is 2. The highest BCUT2D eigenvalue weighted by Crippen LogP contribution is 2.18. The molecule has 19 heavy (non-hydrogen) atoms. The van der Waals surface area contributed by atoms with E-state index in [0.717, 1.165) is 23.5 Å². The highest BCUT2D eigenvalue weighted by molar-refractivity contribution is 5.62. The predicted octanol–water partition coefficient (Wildman–Crippen LogP) is 3.36. The molecule has 4 nitrogen and oxygen atoms in total. The van der Waals surface area contributed by atoms with E-state index in [2.05, 4.69) is 22.4 Å². The van der Waals surface area contributed by atoms with Crippen molar-refractivity contribution in [2.45, 2.75) is 32.6 Å². The number of hydrogen-bond acceptors (Lipinski definition) is 2. The zero-order chi connectivity index (χ0) is 13.5. The van der Waals surface area contributed by atoms with Gasteiger partial charge in [-0.05, 0) is 24.1 Å². The molecule has 0 unspecified atom stereocenters. The Hall–Kier alpha value is -1.97. The molecule has 2 aromatic rings. The first kappa shape index (κ1) is 13.5. The number of H-pyrrole nitrogens is 2. The third kappa shape index (κ3) is 4.02. The van der Waals surface area contributed by atoms with Gasteiger partial charge in [0.1, 0.15) is 0 Å². The summed E-state index contributed by atoms with van der Waals surface area (Å²) in [5.74, 6) is 0. The fraction of sp³-hybridized carbons (Fsp3) is 0.400. The Bertz CT molecular complexity index is 539. The molecule has 0 radical (unpaired) electrons. The van der Waals surface area contributed by atoms with Crippen molar-refractivity contribution in [2.75, 3.05) is 11.9 Å². The number of aromatic amines is 2. The predicted molar refractivity (Wildman–Crippen MR) is 79.5 cm³/mol. The van der Waals surface area contributed by atoms with Gasteiger partial charge < -0.3 is 5.32 Å². The summed E-state index contributed by atoms with van der Waals surface area (Å²) in [5, 5.41) is 8.80. The summed E-state index contributed by atoms with van der Waals surface area (Å²) in [6.07, 6.45) is 5.07. The zero-order valence-corrected chi connectivity index (χ0v) is 11.3. The first-order valence-corrected chi connectivity index (χ1v) is 6.91. The summed E-state index contributed by atoms with van der Waals surface area (Å²) in [6, 6.07) is 9.66. The molecule has 0 amide bonds. The van der Waals surface area contributed by atoms with Crippen molar-refractivity contribution in [1.82, 2.24) is 10.2 Å². The third-order valence-electron chi connectivity index (χ3n) is 3.15. The average Bonchev–Trinajstić information content (AvgIpc) is 2.86. The van der Waals surface area contributed by atoms with Gasteiger partial charge in [0.05, 0.1) is 5.69 Å². The molecule has 0 aliphatic carbocycles. The van der Waals surface area contributed by atoms with Gasteiger partial charge >= 0.3 is 0 Å². The molecule has 0 aliphatic rings. The Morgan fingerprint density at radius 2 is 1.84 bits per heavy atom. The molecule has 0 spiro atoms. The molecule has 0 saturated carbocycles. The minimum atomic E-state index is -0.104. The van der Waals surface area contributed by atoms with Crippen LogP contribution in [0.5, 0.6) is 0 Å². The maximum absolute atomic E-state index is 11.1. The highest BCUT2D eigenvalue weighted by Gasteiger charge is 2.00. The van der Waals surface area contributed by atoms with E-state index in [1.54, 1.807) is 6.07 Å². The number of rotatable bonds is 7. The monoisotopic (exact) mass is 259 g/mol. The summed E-state index contributed by atoms with van der Waals surface area (Å²) < 4.78 is 0. The molecule has 0 atom stereocenters. The van der Waals surface area contributed by atoms with Crippen LogP contribution in [0.4, 0.5) is 5.69 Å².